The Bertz CT molecular complexity index is 550. The molecule has 1 aromatic rings. The Balaban J connectivity index is 2.64. The zero-order valence-corrected chi connectivity index (χ0v) is 13.0. The first-order chi connectivity index (χ1) is 9.71. The van der Waals surface area contributed by atoms with Crippen molar-refractivity contribution in [2.24, 2.45) is 5.41 Å². The second kappa shape index (κ2) is 7.07. The van der Waals surface area contributed by atoms with Crippen LogP contribution in [0.5, 0.6) is 11.5 Å². The molecule has 0 fully saturated rings. The van der Waals surface area contributed by atoms with Crippen LogP contribution in [0.1, 0.15) is 39.2 Å². The molecule has 0 aliphatic rings. The topological polar surface area (TPSA) is 63.6 Å². The fourth-order valence-electron chi connectivity index (χ4n) is 1.89. The van der Waals surface area contributed by atoms with Gasteiger partial charge in [-0.25, -0.2) is 0 Å². The highest BCUT2D eigenvalue weighted by Gasteiger charge is 2.17. The summed E-state index contributed by atoms with van der Waals surface area (Å²) >= 11 is 0. The lowest BCUT2D eigenvalue weighted by molar-refractivity contribution is -0.125. The Morgan fingerprint density at radius 1 is 1.29 bits per heavy atom. The third-order valence-corrected chi connectivity index (χ3v) is 2.76. The van der Waals surface area contributed by atoms with Crippen LogP contribution >= 0.6 is 0 Å². The SMILES string of the molecule is COc1cc(/C=C/C(=O)CC(=O)CC(C)(C)C)ccc1O. The minimum atomic E-state index is -0.226. The number of hydrogen-bond donors (Lipinski definition) is 1. The molecule has 114 valence electrons. The second-order valence-electron chi connectivity index (χ2n) is 6.18. The first kappa shape index (κ1) is 17.0. The summed E-state index contributed by atoms with van der Waals surface area (Å²) in [6.45, 7) is 5.90. The van der Waals surface area contributed by atoms with Crippen LogP contribution in [0.2, 0.25) is 0 Å². The third kappa shape index (κ3) is 6.25. The number of ether oxygens (including phenoxy) is 1. The van der Waals surface area contributed by atoms with Crippen molar-refractivity contribution in [2.75, 3.05) is 7.11 Å². The van der Waals surface area contributed by atoms with Crippen molar-refractivity contribution in [2.45, 2.75) is 33.6 Å². The standard InChI is InChI=1S/C17H22O4/c1-17(2,3)11-14(19)10-13(18)7-5-12-6-8-15(20)16(9-12)21-4/h5-9,20H,10-11H2,1-4H3/b7-5+. The molecule has 4 nitrogen and oxygen atoms in total. The van der Waals surface area contributed by atoms with E-state index in [2.05, 4.69) is 0 Å². The molecule has 0 atom stereocenters. The Labute approximate surface area is 125 Å². The molecule has 0 aliphatic heterocycles. The number of carbonyl (C=O) groups is 2. The Morgan fingerprint density at radius 2 is 1.95 bits per heavy atom. The molecule has 0 aliphatic carbocycles. The van der Waals surface area contributed by atoms with Crippen LogP contribution in [0.25, 0.3) is 6.08 Å². The van der Waals surface area contributed by atoms with Crippen molar-refractivity contribution in [3.8, 4) is 11.5 Å². The minimum Gasteiger partial charge on any atom is -0.504 e. The van der Waals surface area contributed by atoms with Gasteiger partial charge in [0.15, 0.2) is 17.3 Å². The molecule has 0 heterocycles. The van der Waals surface area contributed by atoms with Gasteiger partial charge < -0.3 is 9.84 Å². The molecule has 0 unspecified atom stereocenters. The van der Waals surface area contributed by atoms with Crippen LogP contribution in [-0.4, -0.2) is 23.8 Å². The second-order valence-corrected chi connectivity index (χ2v) is 6.18. The predicted octanol–water partition coefficient (Wildman–Crippen LogP) is 3.38. The number of rotatable bonds is 6. The maximum atomic E-state index is 11.7. The van der Waals surface area contributed by atoms with Crippen molar-refractivity contribution >= 4 is 17.6 Å². The van der Waals surface area contributed by atoms with Gasteiger partial charge in [0, 0.05) is 6.42 Å². The van der Waals surface area contributed by atoms with E-state index in [1.54, 1.807) is 18.2 Å². The summed E-state index contributed by atoms with van der Waals surface area (Å²) in [5.74, 6) is 0.103. The van der Waals surface area contributed by atoms with Gasteiger partial charge in [0.2, 0.25) is 0 Å². The van der Waals surface area contributed by atoms with Crippen molar-refractivity contribution < 1.29 is 19.4 Å². The van der Waals surface area contributed by atoms with Crippen LogP contribution in [0, 0.1) is 5.41 Å². The fraction of sp³-hybridized carbons (Fsp3) is 0.412. The van der Waals surface area contributed by atoms with Crippen molar-refractivity contribution in [3.63, 3.8) is 0 Å². The van der Waals surface area contributed by atoms with Gasteiger partial charge in [-0.3, -0.25) is 9.59 Å². The first-order valence-electron chi connectivity index (χ1n) is 6.81. The summed E-state index contributed by atoms with van der Waals surface area (Å²) < 4.78 is 4.99. The van der Waals surface area contributed by atoms with E-state index in [1.165, 1.54) is 19.3 Å². The minimum absolute atomic E-state index is 0.0429. The molecule has 1 N–H and O–H groups in total. The molecule has 0 aromatic heterocycles. The molecule has 0 amide bonds. The van der Waals surface area contributed by atoms with E-state index in [0.29, 0.717) is 12.2 Å². The van der Waals surface area contributed by atoms with E-state index in [9.17, 15) is 14.7 Å². The molecule has 1 aromatic carbocycles. The molecule has 0 saturated carbocycles. The normalized spacial score (nSPS) is 11.6. The number of methoxy groups -OCH3 is 1. The summed E-state index contributed by atoms with van der Waals surface area (Å²) in [5.41, 5.74) is 0.618. The highest BCUT2D eigenvalue weighted by molar-refractivity contribution is 6.06. The number of ketones is 2. The van der Waals surface area contributed by atoms with Gasteiger partial charge in [-0.05, 0) is 29.2 Å². The number of phenolic OH excluding ortho intramolecular Hbond substituents is 1. The third-order valence-electron chi connectivity index (χ3n) is 2.76. The maximum Gasteiger partial charge on any atom is 0.163 e. The fourth-order valence-corrected chi connectivity index (χ4v) is 1.89. The van der Waals surface area contributed by atoms with Crippen LogP contribution in [-0.2, 0) is 9.59 Å². The van der Waals surface area contributed by atoms with Gasteiger partial charge in [0.25, 0.3) is 0 Å². The van der Waals surface area contributed by atoms with Crippen LogP contribution in [0.4, 0.5) is 0 Å². The van der Waals surface area contributed by atoms with Crippen molar-refractivity contribution in [3.05, 3.63) is 29.8 Å². The first-order valence-corrected chi connectivity index (χ1v) is 6.81. The van der Waals surface area contributed by atoms with Gasteiger partial charge in [0.1, 0.15) is 5.78 Å². The largest absolute Gasteiger partial charge is 0.504 e. The number of hydrogen-bond acceptors (Lipinski definition) is 4. The van der Waals surface area contributed by atoms with Crippen LogP contribution in [0.15, 0.2) is 24.3 Å². The number of Topliss-reactive ketones (excluding diaryl/α,β-unsaturated/α-hetero) is 1. The van der Waals surface area contributed by atoms with E-state index < -0.39 is 0 Å². The average molecular weight is 290 g/mol. The summed E-state index contributed by atoms with van der Waals surface area (Å²) in [5, 5.41) is 9.48. The van der Waals surface area contributed by atoms with Gasteiger partial charge >= 0.3 is 0 Å². The molecule has 0 bridgehead atoms. The van der Waals surface area contributed by atoms with E-state index >= 15 is 0 Å². The van der Waals surface area contributed by atoms with E-state index in [0.717, 1.165) is 5.56 Å². The zero-order valence-electron chi connectivity index (χ0n) is 13.0. The molecule has 0 saturated heterocycles. The summed E-state index contributed by atoms with van der Waals surface area (Å²) in [4.78, 5) is 23.5. The van der Waals surface area contributed by atoms with Crippen LogP contribution in [0.3, 0.4) is 0 Å². The maximum absolute atomic E-state index is 11.7. The van der Waals surface area contributed by atoms with Crippen LogP contribution < -0.4 is 4.74 Å². The Kier molecular flexibility index (Phi) is 5.70. The lowest BCUT2D eigenvalue weighted by Crippen LogP contribution is -2.15. The van der Waals surface area contributed by atoms with Gasteiger partial charge in [-0.15, -0.1) is 0 Å². The molecule has 1 rings (SSSR count). The molecule has 21 heavy (non-hydrogen) atoms. The van der Waals surface area contributed by atoms with E-state index in [4.69, 9.17) is 4.74 Å². The smallest absolute Gasteiger partial charge is 0.163 e. The van der Waals surface area contributed by atoms with Gasteiger partial charge in [-0.2, -0.15) is 0 Å². The predicted molar refractivity (Wildman–Crippen MR) is 82.4 cm³/mol. The summed E-state index contributed by atoms with van der Waals surface area (Å²) in [6, 6.07) is 4.78. The van der Waals surface area contributed by atoms with Gasteiger partial charge in [0.05, 0.1) is 13.5 Å². The highest BCUT2D eigenvalue weighted by atomic mass is 16.5. The quantitative estimate of drug-likeness (QED) is 0.644. The van der Waals surface area contributed by atoms with Crippen molar-refractivity contribution in [1.82, 2.24) is 0 Å². The highest BCUT2D eigenvalue weighted by Crippen LogP contribution is 2.26. The molecule has 0 spiro atoms. The molecular formula is C17H22O4. The number of phenols is 1. The number of allylic oxidation sites excluding steroid dienone is 1. The van der Waals surface area contributed by atoms with Crippen molar-refractivity contribution in [1.29, 1.82) is 0 Å². The van der Waals surface area contributed by atoms with Gasteiger partial charge in [-0.1, -0.05) is 32.9 Å². The number of aromatic hydroxyl groups is 1. The molecular weight excluding hydrogens is 268 g/mol. The lowest BCUT2D eigenvalue weighted by Gasteiger charge is -2.15. The average Bonchev–Trinajstić information content (AvgIpc) is 2.35. The summed E-state index contributed by atoms with van der Waals surface area (Å²) in [7, 11) is 1.46. The molecule has 4 heteroatoms. The number of benzene rings is 1. The number of carbonyl (C=O) groups excluding carboxylic acids is 2. The monoisotopic (exact) mass is 290 g/mol. The lowest BCUT2D eigenvalue weighted by atomic mass is 9.88. The Hall–Kier alpha value is -2.10. The molecule has 0 radical (unpaired) electrons. The van der Waals surface area contributed by atoms with E-state index in [-0.39, 0.29) is 29.2 Å². The van der Waals surface area contributed by atoms with E-state index in [1.807, 2.05) is 20.8 Å². The summed E-state index contributed by atoms with van der Waals surface area (Å²) in [6.07, 6.45) is 3.30. The zero-order chi connectivity index (χ0) is 16.0. The Morgan fingerprint density at radius 3 is 2.52 bits per heavy atom.